The van der Waals surface area contributed by atoms with Gasteiger partial charge >= 0.3 is 7.67 Å². The molecule has 4 nitrogen and oxygen atoms in total. The van der Waals surface area contributed by atoms with Crippen molar-refractivity contribution in [1.29, 1.82) is 0 Å². The van der Waals surface area contributed by atoms with Crippen LogP contribution < -0.4 is 14.7 Å². The topological polar surface area (TPSA) is 50.4 Å². The van der Waals surface area contributed by atoms with Crippen molar-refractivity contribution in [3.8, 4) is 5.75 Å². The van der Waals surface area contributed by atoms with E-state index in [1.165, 1.54) is 38.5 Å². The molecule has 0 saturated heterocycles. The van der Waals surface area contributed by atoms with Crippen LogP contribution in [0, 0.1) is 0 Å². The number of para-hydroxylation sites is 1. The molecule has 1 aromatic carbocycles. The van der Waals surface area contributed by atoms with E-state index in [0.29, 0.717) is 17.8 Å². The van der Waals surface area contributed by atoms with Crippen molar-refractivity contribution in [2.75, 3.05) is 0 Å². The predicted molar refractivity (Wildman–Crippen MR) is 94.7 cm³/mol. The highest BCUT2D eigenvalue weighted by atomic mass is 31.2. The minimum absolute atomic E-state index is 0.300. The van der Waals surface area contributed by atoms with Crippen molar-refractivity contribution in [3.05, 3.63) is 30.3 Å². The van der Waals surface area contributed by atoms with Crippen molar-refractivity contribution in [2.45, 2.75) is 76.3 Å². The smallest absolute Gasteiger partial charge is 0.390 e. The predicted octanol–water partition coefficient (Wildman–Crippen LogP) is 5.02. The number of hydrogen-bond donors (Lipinski definition) is 2. The van der Waals surface area contributed by atoms with Crippen molar-refractivity contribution in [1.82, 2.24) is 10.2 Å². The Kier molecular flexibility index (Phi) is 6.15. The lowest BCUT2D eigenvalue weighted by Crippen LogP contribution is -2.39. The van der Waals surface area contributed by atoms with Crippen molar-refractivity contribution < 1.29 is 9.09 Å². The lowest BCUT2D eigenvalue weighted by molar-refractivity contribution is 0.358. The van der Waals surface area contributed by atoms with E-state index < -0.39 is 7.67 Å². The van der Waals surface area contributed by atoms with Gasteiger partial charge in [0.25, 0.3) is 0 Å². The lowest BCUT2D eigenvalue weighted by atomic mass is 9.96. The molecule has 0 aromatic heterocycles. The van der Waals surface area contributed by atoms with Crippen LogP contribution in [-0.2, 0) is 4.57 Å². The molecule has 5 heteroatoms. The third kappa shape index (κ3) is 5.34. The molecule has 2 fully saturated rings. The fourth-order valence-corrected chi connectivity index (χ4v) is 5.74. The average Bonchev–Trinajstić information content (AvgIpc) is 2.57. The molecule has 2 aliphatic carbocycles. The maximum atomic E-state index is 13.5. The molecule has 0 radical (unpaired) electrons. The molecule has 2 aliphatic rings. The highest BCUT2D eigenvalue weighted by molar-refractivity contribution is 7.55. The second-order valence-electron chi connectivity index (χ2n) is 6.88. The fraction of sp³-hybridized carbons (Fsp3) is 0.667. The summed E-state index contributed by atoms with van der Waals surface area (Å²) in [6, 6.07) is 10.1. The number of hydrogen-bond acceptors (Lipinski definition) is 2. The van der Waals surface area contributed by atoms with E-state index in [-0.39, 0.29) is 0 Å². The second-order valence-corrected chi connectivity index (χ2v) is 8.69. The summed E-state index contributed by atoms with van der Waals surface area (Å²) >= 11 is 0. The SMILES string of the molecule is O=P(NC1CCCCC1)(NC1CCCCC1)Oc1ccccc1. The van der Waals surface area contributed by atoms with E-state index >= 15 is 0 Å². The Morgan fingerprint density at radius 1 is 0.783 bits per heavy atom. The van der Waals surface area contributed by atoms with Crippen LogP contribution in [0.5, 0.6) is 5.75 Å². The Bertz CT molecular complexity index is 487. The molecule has 0 aliphatic heterocycles. The number of rotatable bonds is 6. The Morgan fingerprint density at radius 2 is 1.26 bits per heavy atom. The van der Waals surface area contributed by atoms with E-state index in [1.54, 1.807) is 0 Å². The monoisotopic (exact) mass is 336 g/mol. The van der Waals surface area contributed by atoms with E-state index in [0.717, 1.165) is 25.7 Å². The van der Waals surface area contributed by atoms with E-state index in [2.05, 4.69) is 10.2 Å². The maximum Gasteiger partial charge on any atom is 0.390 e. The maximum absolute atomic E-state index is 13.5. The molecule has 128 valence electrons. The van der Waals surface area contributed by atoms with Gasteiger partial charge in [-0.1, -0.05) is 56.7 Å². The third-order valence-electron chi connectivity index (χ3n) is 4.89. The Hall–Kier alpha value is -0.830. The Balaban J connectivity index is 1.69. The third-order valence-corrected chi connectivity index (χ3v) is 6.77. The summed E-state index contributed by atoms with van der Waals surface area (Å²) in [5.74, 6) is 0.669. The molecule has 0 heterocycles. The lowest BCUT2D eigenvalue weighted by Gasteiger charge is -2.32. The number of nitrogens with one attached hydrogen (secondary N) is 2. The summed E-state index contributed by atoms with van der Waals surface area (Å²) in [4.78, 5) is 0. The van der Waals surface area contributed by atoms with Gasteiger partial charge in [-0.3, -0.25) is 0 Å². The van der Waals surface area contributed by atoms with Crippen molar-refractivity contribution in [3.63, 3.8) is 0 Å². The van der Waals surface area contributed by atoms with Gasteiger partial charge in [-0.05, 0) is 37.8 Å². The van der Waals surface area contributed by atoms with Crippen molar-refractivity contribution >= 4 is 7.67 Å². The molecule has 0 unspecified atom stereocenters. The minimum atomic E-state index is -3.08. The van der Waals surface area contributed by atoms with Gasteiger partial charge in [0, 0.05) is 12.1 Å². The highest BCUT2D eigenvalue weighted by Crippen LogP contribution is 2.42. The van der Waals surface area contributed by atoms with Crippen molar-refractivity contribution in [2.24, 2.45) is 0 Å². The quantitative estimate of drug-likeness (QED) is 0.716. The van der Waals surface area contributed by atoms with Crippen LogP contribution >= 0.6 is 7.67 Å². The largest absolute Gasteiger partial charge is 0.422 e. The normalized spacial score (nSPS) is 21.2. The van der Waals surface area contributed by atoms with Gasteiger partial charge in [0.15, 0.2) is 0 Å². The van der Waals surface area contributed by atoms with Gasteiger partial charge in [0.05, 0.1) is 0 Å². The van der Waals surface area contributed by atoms with E-state index in [9.17, 15) is 4.57 Å². The Morgan fingerprint density at radius 3 is 1.74 bits per heavy atom. The van der Waals surface area contributed by atoms with Crippen LogP contribution in [-0.4, -0.2) is 12.1 Å². The molecule has 0 atom stereocenters. The van der Waals surface area contributed by atoms with Gasteiger partial charge in [-0.25, -0.2) is 14.7 Å². The van der Waals surface area contributed by atoms with Gasteiger partial charge in [0.1, 0.15) is 5.75 Å². The first kappa shape index (κ1) is 17.0. The summed E-state index contributed by atoms with van der Waals surface area (Å²) in [5, 5.41) is 6.70. The molecule has 0 spiro atoms. The van der Waals surface area contributed by atoms with Crippen LogP contribution in [0.1, 0.15) is 64.2 Å². The fourth-order valence-electron chi connectivity index (χ4n) is 3.66. The summed E-state index contributed by atoms with van der Waals surface area (Å²) in [5.41, 5.74) is 0. The first-order valence-corrected chi connectivity index (χ1v) is 10.8. The highest BCUT2D eigenvalue weighted by Gasteiger charge is 2.32. The summed E-state index contributed by atoms with van der Waals surface area (Å²) in [6.07, 6.45) is 11.8. The van der Waals surface area contributed by atoms with E-state index in [1.807, 2.05) is 30.3 Å². The van der Waals surface area contributed by atoms with Gasteiger partial charge in [0.2, 0.25) is 0 Å². The molecule has 2 saturated carbocycles. The standard InChI is InChI=1S/C18H29N2O2P/c21-23(19-16-10-4-1-5-11-16,20-17-12-6-2-7-13-17)22-18-14-8-3-9-15-18/h3,8-9,14-17H,1-2,4-7,10-13H2,(H2,19,20,21). The van der Waals surface area contributed by atoms with Gasteiger partial charge in [-0.15, -0.1) is 0 Å². The second kappa shape index (κ2) is 8.32. The molecule has 2 N–H and O–H groups in total. The van der Waals surface area contributed by atoms with Crippen LogP contribution in [0.2, 0.25) is 0 Å². The van der Waals surface area contributed by atoms with Crippen LogP contribution in [0.15, 0.2) is 30.3 Å². The zero-order valence-electron chi connectivity index (χ0n) is 13.9. The van der Waals surface area contributed by atoms with Gasteiger partial charge < -0.3 is 4.52 Å². The summed E-state index contributed by atoms with van der Waals surface area (Å²) in [6.45, 7) is 0. The first-order chi connectivity index (χ1) is 11.2. The van der Waals surface area contributed by atoms with Crippen LogP contribution in [0.4, 0.5) is 0 Å². The molecule has 0 bridgehead atoms. The molecular formula is C18H29N2O2P. The zero-order valence-corrected chi connectivity index (χ0v) is 14.8. The molecule has 1 aromatic rings. The molecular weight excluding hydrogens is 307 g/mol. The summed E-state index contributed by atoms with van der Waals surface area (Å²) < 4.78 is 19.4. The first-order valence-electron chi connectivity index (χ1n) is 9.14. The van der Waals surface area contributed by atoms with E-state index in [4.69, 9.17) is 4.52 Å². The van der Waals surface area contributed by atoms with Crippen LogP contribution in [0.3, 0.4) is 0 Å². The number of benzene rings is 1. The Labute approximate surface area is 140 Å². The summed E-state index contributed by atoms with van der Waals surface area (Å²) in [7, 11) is -3.08. The minimum Gasteiger partial charge on any atom is -0.422 e. The zero-order chi connectivity index (χ0) is 16.0. The molecule has 3 rings (SSSR count). The molecule has 23 heavy (non-hydrogen) atoms. The average molecular weight is 336 g/mol. The van der Waals surface area contributed by atoms with Crippen LogP contribution in [0.25, 0.3) is 0 Å². The molecule has 0 amide bonds. The van der Waals surface area contributed by atoms with Gasteiger partial charge in [-0.2, -0.15) is 0 Å².